The molecule has 5 heteroatoms. The predicted molar refractivity (Wildman–Crippen MR) is 76.3 cm³/mol. The number of hydrogen-bond acceptors (Lipinski definition) is 4. The van der Waals surface area contributed by atoms with Gasteiger partial charge in [0, 0.05) is 12.6 Å². The number of aromatic nitrogens is 1. The Morgan fingerprint density at radius 1 is 1.67 bits per heavy atom. The van der Waals surface area contributed by atoms with Crippen molar-refractivity contribution in [1.29, 1.82) is 5.26 Å². The van der Waals surface area contributed by atoms with Gasteiger partial charge in [-0.25, -0.2) is 0 Å². The smallest absolute Gasteiger partial charge is 0.162 e. The summed E-state index contributed by atoms with van der Waals surface area (Å²) in [6, 6.07) is 2.72. The minimum Gasteiger partial charge on any atom is -0.358 e. The number of rotatable bonds is 4. The van der Waals surface area contributed by atoms with Crippen LogP contribution in [0, 0.1) is 17.2 Å². The molecule has 0 aromatic carbocycles. The van der Waals surface area contributed by atoms with Gasteiger partial charge in [-0.15, -0.1) is 0 Å². The van der Waals surface area contributed by atoms with Crippen molar-refractivity contribution in [1.82, 2.24) is 4.37 Å². The van der Waals surface area contributed by atoms with Crippen molar-refractivity contribution in [2.24, 2.45) is 5.92 Å². The Bertz CT molecular complexity index is 452. The molecule has 0 N–H and O–H groups in total. The maximum atomic E-state index is 9.18. The average molecular weight is 284 g/mol. The highest BCUT2D eigenvalue weighted by Gasteiger charge is 2.32. The van der Waals surface area contributed by atoms with Crippen molar-refractivity contribution >= 4 is 28.1 Å². The number of anilines is 1. The molecule has 1 aromatic heterocycles. The molecular weight excluding hydrogens is 266 g/mol. The van der Waals surface area contributed by atoms with Gasteiger partial charge in [-0.1, -0.05) is 31.9 Å². The summed E-state index contributed by atoms with van der Waals surface area (Å²) in [4.78, 5) is 2.35. The Labute approximate surface area is 118 Å². The van der Waals surface area contributed by atoms with E-state index >= 15 is 0 Å². The van der Waals surface area contributed by atoms with Crippen LogP contribution in [0.15, 0.2) is 0 Å². The van der Waals surface area contributed by atoms with Crippen LogP contribution in [-0.4, -0.2) is 17.0 Å². The molecule has 3 nitrogen and oxygen atoms in total. The van der Waals surface area contributed by atoms with Gasteiger partial charge in [-0.05, 0) is 36.7 Å². The third kappa shape index (κ3) is 2.48. The molecule has 1 aromatic rings. The standard InChI is InChI=1S/C13H18ClN3S/c1-3-5-9(2)11-6-4-7-17(11)13-10(8-15)12(14)16-18-13/h9,11H,3-7H2,1-2H3. The number of hydrogen-bond donors (Lipinski definition) is 0. The summed E-state index contributed by atoms with van der Waals surface area (Å²) in [5.41, 5.74) is 0.553. The fourth-order valence-corrected chi connectivity index (χ4v) is 3.95. The summed E-state index contributed by atoms with van der Waals surface area (Å²) in [6.45, 7) is 5.55. The quantitative estimate of drug-likeness (QED) is 0.836. The second-order valence-electron chi connectivity index (χ2n) is 4.93. The molecule has 1 aliphatic rings. The summed E-state index contributed by atoms with van der Waals surface area (Å²) in [7, 11) is 0. The van der Waals surface area contributed by atoms with E-state index in [2.05, 4.69) is 29.2 Å². The first-order valence-electron chi connectivity index (χ1n) is 6.51. The maximum absolute atomic E-state index is 9.18. The van der Waals surface area contributed by atoms with Crippen LogP contribution in [0.1, 0.15) is 45.1 Å². The third-order valence-electron chi connectivity index (χ3n) is 3.71. The minimum atomic E-state index is 0.353. The molecule has 2 unspecified atom stereocenters. The van der Waals surface area contributed by atoms with E-state index < -0.39 is 0 Å². The van der Waals surface area contributed by atoms with Gasteiger partial charge in [0.05, 0.1) is 0 Å². The van der Waals surface area contributed by atoms with E-state index in [4.69, 9.17) is 11.6 Å². The first-order valence-corrected chi connectivity index (χ1v) is 7.66. The normalized spacial score (nSPS) is 21.0. The van der Waals surface area contributed by atoms with Crippen LogP contribution in [-0.2, 0) is 0 Å². The molecule has 2 heterocycles. The Morgan fingerprint density at radius 3 is 3.11 bits per heavy atom. The lowest BCUT2D eigenvalue weighted by Gasteiger charge is -2.30. The van der Waals surface area contributed by atoms with E-state index in [9.17, 15) is 5.26 Å². The molecule has 0 radical (unpaired) electrons. The van der Waals surface area contributed by atoms with Crippen LogP contribution in [0.2, 0.25) is 5.15 Å². The minimum absolute atomic E-state index is 0.353. The molecule has 0 bridgehead atoms. The molecule has 2 atom stereocenters. The molecule has 18 heavy (non-hydrogen) atoms. The predicted octanol–water partition coefficient (Wildman–Crippen LogP) is 4.07. The fraction of sp³-hybridized carbons (Fsp3) is 0.692. The highest BCUT2D eigenvalue weighted by Crippen LogP contribution is 2.38. The number of nitriles is 1. The zero-order valence-corrected chi connectivity index (χ0v) is 12.4. The van der Waals surface area contributed by atoms with E-state index in [0.717, 1.165) is 11.5 Å². The highest BCUT2D eigenvalue weighted by atomic mass is 35.5. The largest absolute Gasteiger partial charge is 0.358 e. The van der Waals surface area contributed by atoms with Crippen molar-refractivity contribution in [3.05, 3.63) is 10.7 Å². The van der Waals surface area contributed by atoms with Crippen LogP contribution in [0.3, 0.4) is 0 Å². The van der Waals surface area contributed by atoms with Crippen molar-refractivity contribution in [2.45, 2.75) is 45.6 Å². The molecule has 98 valence electrons. The van der Waals surface area contributed by atoms with Crippen molar-refractivity contribution in [3.63, 3.8) is 0 Å². The number of halogens is 1. The van der Waals surface area contributed by atoms with Gasteiger partial charge < -0.3 is 4.90 Å². The van der Waals surface area contributed by atoms with Gasteiger partial charge in [0.2, 0.25) is 0 Å². The second-order valence-corrected chi connectivity index (χ2v) is 6.04. The zero-order chi connectivity index (χ0) is 13.1. The van der Waals surface area contributed by atoms with Gasteiger partial charge in [-0.3, -0.25) is 0 Å². The van der Waals surface area contributed by atoms with Gasteiger partial charge in [-0.2, -0.15) is 9.64 Å². The van der Waals surface area contributed by atoms with Crippen LogP contribution >= 0.6 is 23.1 Å². The SMILES string of the molecule is CCCC(C)C1CCCN1c1snc(Cl)c1C#N. The summed E-state index contributed by atoms with van der Waals surface area (Å²) in [5.74, 6) is 0.657. The van der Waals surface area contributed by atoms with E-state index in [1.54, 1.807) is 0 Å². The van der Waals surface area contributed by atoms with Crippen LogP contribution in [0.5, 0.6) is 0 Å². The topological polar surface area (TPSA) is 39.9 Å². The molecule has 2 rings (SSSR count). The third-order valence-corrected chi connectivity index (χ3v) is 4.96. The molecule has 1 aliphatic heterocycles. The zero-order valence-electron chi connectivity index (χ0n) is 10.8. The molecular formula is C13H18ClN3S. The first kappa shape index (κ1) is 13.6. The first-order chi connectivity index (χ1) is 8.69. The van der Waals surface area contributed by atoms with Crippen LogP contribution in [0.25, 0.3) is 0 Å². The summed E-state index contributed by atoms with van der Waals surface area (Å²) >= 11 is 7.32. The van der Waals surface area contributed by atoms with Crippen molar-refractivity contribution in [3.8, 4) is 6.07 Å². The Morgan fingerprint density at radius 2 is 2.44 bits per heavy atom. The molecule has 1 saturated heterocycles. The van der Waals surface area contributed by atoms with E-state index in [1.807, 2.05) is 0 Å². The summed E-state index contributed by atoms with van der Waals surface area (Å²) in [5, 5.41) is 10.5. The van der Waals surface area contributed by atoms with Crippen LogP contribution in [0.4, 0.5) is 5.00 Å². The maximum Gasteiger partial charge on any atom is 0.162 e. The van der Waals surface area contributed by atoms with Crippen molar-refractivity contribution < 1.29 is 0 Å². The van der Waals surface area contributed by atoms with Gasteiger partial charge >= 0.3 is 0 Å². The average Bonchev–Trinajstić information content (AvgIpc) is 2.94. The molecule has 0 aliphatic carbocycles. The summed E-state index contributed by atoms with van der Waals surface area (Å²) < 4.78 is 4.11. The highest BCUT2D eigenvalue weighted by molar-refractivity contribution is 7.10. The molecule has 0 spiro atoms. The molecule has 1 fully saturated rings. The van der Waals surface area contributed by atoms with Gasteiger partial charge in [0.15, 0.2) is 5.15 Å². The summed E-state index contributed by atoms with van der Waals surface area (Å²) in [6.07, 6.45) is 4.84. The van der Waals surface area contributed by atoms with Crippen LogP contribution < -0.4 is 4.90 Å². The lowest BCUT2D eigenvalue weighted by molar-refractivity contribution is 0.422. The van der Waals surface area contributed by atoms with E-state index in [0.29, 0.717) is 22.7 Å². The molecule has 0 saturated carbocycles. The lowest BCUT2D eigenvalue weighted by atomic mass is 9.95. The Balaban J connectivity index is 2.24. The van der Waals surface area contributed by atoms with E-state index in [-0.39, 0.29) is 0 Å². The fourth-order valence-electron chi connectivity index (χ4n) is 2.84. The van der Waals surface area contributed by atoms with Gasteiger partial charge in [0.1, 0.15) is 16.6 Å². The number of nitrogens with zero attached hydrogens (tertiary/aromatic N) is 3. The Kier molecular flexibility index (Phi) is 4.47. The lowest BCUT2D eigenvalue weighted by Crippen LogP contribution is -2.34. The Hall–Kier alpha value is -0.790. The van der Waals surface area contributed by atoms with E-state index in [1.165, 1.54) is 37.2 Å². The molecule has 0 amide bonds. The second kappa shape index (κ2) is 5.90. The monoisotopic (exact) mass is 283 g/mol. The van der Waals surface area contributed by atoms with Gasteiger partial charge in [0.25, 0.3) is 0 Å². The van der Waals surface area contributed by atoms with Crippen molar-refractivity contribution in [2.75, 3.05) is 11.4 Å².